The lowest BCUT2D eigenvalue weighted by Gasteiger charge is -2.14. The second kappa shape index (κ2) is 18.0. The first-order valence-electron chi connectivity index (χ1n) is 14.5. The van der Waals surface area contributed by atoms with E-state index in [1.54, 1.807) is 0 Å². The van der Waals surface area contributed by atoms with Crippen LogP contribution in [0.3, 0.4) is 0 Å². The molecular formula is C32H51BO4. The molecule has 2 rings (SSSR count). The Labute approximate surface area is 227 Å². The van der Waals surface area contributed by atoms with Crippen molar-refractivity contribution in [1.82, 2.24) is 0 Å². The molecule has 0 aliphatic carbocycles. The van der Waals surface area contributed by atoms with Gasteiger partial charge < -0.3 is 18.8 Å². The summed E-state index contributed by atoms with van der Waals surface area (Å²) in [6, 6.07) is 15.6. The Morgan fingerprint density at radius 3 is 1.35 bits per heavy atom. The van der Waals surface area contributed by atoms with E-state index in [1.807, 2.05) is 48.5 Å². The Balaban J connectivity index is 1.66. The van der Waals surface area contributed by atoms with E-state index in [0.29, 0.717) is 11.8 Å². The molecule has 206 valence electrons. The predicted molar refractivity (Wildman–Crippen MR) is 157 cm³/mol. The molecule has 4 nitrogen and oxygen atoms in total. The van der Waals surface area contributed by atoms with Crippen LogP contribution in [0.2, 0.25) is 0 Å². The van der Waals surface area contributed by atoms with Crippen LogP contribution in [-0.4, -0.2) is 20.9 Å². The first-order valence-corrected chi connectivity index (χ1v) is 14.5. The lowest BCUT2D eigenvalue weighted by atomic mass is 9.98. The van der Waals surface area contributed by atoms with Crippen LogP contribution in [0, 0.1) is 23.7 Å². The molecule has 0 fully saturated rings. The van der Waals surface area contributed by atoms with Gasteiger partial charge in [-0.1, -0.05) is 92.2 Å². The molecule has 0 N–H and O–H groups in total. The van der Waals surface area contributed by atoms with Gasteiger partial charge in [-0.25, -0.2) is 0 Å². The second-order valence-corrected chi connectivity index (χ2v) is 11.5. The Kier molecular flexibility index (Phi) is 15.1. The average molecular weight is 511 g/mol. The van der Waals surface area contributed by atoms with Crippen molar-refractivity contribution in [3.8, 4) is 23.0 Å². The monoisotopic (exact) mass is 510 g/mol. The molecule has 0 aromatic heterocycles. The highest BCUT2D eigenvalue weighted by atomic mass is 16.6. The van der Waals surface area contributed by atoms with Crippen molar-refractivity contribution in [2.24, 2.45) is 23.7 Å². The van der Waals surface area contributed by atoms with Gasteiger partial charge in [0.1, 0.15) is 23.0 Å². The van der Waals surface area contributed by atoms with Crippen LogP contribution in [-0.2, 0) is 0 Å². The summed E-state index contributed by atoms with van der Waals surface area (Å²) < 4.78 is 23.6. The van der Waals surface area contributed by atoms with Crippen molar-refractivity contribution in [1.29, 1.82) is 0 Å². The van der Waals surface area contributed by atoms with E-state index in [1.165, 1.54) is 38.5 Å². The van der Waals surface area contributed by atoms with Gasteiger partial charge in [0, 0.05) is 12.1 Å². The van der Waals surface area contributed by atoms with E-state index < -0.39 is 0 Å². The molecule has 2 aromatic carbocycles. The summed E-state index contributed by atoms with van der Waals surface area (Å²) in [5.74, 6) is 6.09. The van der Waals surface area contributed by atoms with E-state index in [9.17, 15) is 0 Å². The van der Waals surface area contributed by atoms with Crippen LogP contribution in [0.1, 0.15) is 92.9 Å². The Morgan fingerprint density at radius 1 is 0.541 bits per heavy atom. The quantitative estimate of drug-likeness (QED) is 0.167. The largest absolute Gasteiger partial charge is 0.576 e. The summed E-state index contributed by atoms with van der Waals surface area (Å²) in [6.45, 7) is 15.2. The van der Waals surface area contributed by atoms with Crippen molar-refractivity contribution in [3.63, 3.8) is 0 Å². The summed E-state index contributed by atoms with van der Waals surface area (Å²) >= 11 is 0. The van der Waals surface area contributed by atoms with Crippen LogP contribution in [0.4, 0.5) is 0 Å². The molecule has 0 aliphatic rings. The van der Waals surface area contributed by atoms with Crippen LogP contribution >= 0.6 is 0 Å². The number of benzene rings is 2. The van der Waals surface area contributed by atoms with Gasteiger partial charge in [0.2, 0.25) is 0 Å². The summed E-state index contributed by atoms with van der Waals surface area (Å²) in [4.78, 5) is 0. The molecule has 37 heavy (non-hydrogen) atoms. The van der Waals surface area contributed by atoms with Gasteiger partial charge in [0.15, 0.2) is 0 Å². The summed E-state index contributed by atoms with van der Waals surface area (Å²) in [6.07, 6.45) is 9.90. The Hall–Kier alpha value is -2.30. The van der Waals surface area contributed by atoms with Gasteiger partial charge in [-0.15, -0.1) is 0 Å². The molecule has 0 spiro atoms. The standard InChI is InChI=1S/C32H51BO4/c1-25(2)11-7-13-27(5)19-21-34-29-15-9-17-31(23-29)36-33-37-32-18-10-16-30(24-32)35-22-20-28(6)14-8-12-26(3)4/h9-10,15-18,23-28,33H,7-8,11-14,19-22H2,1-6H3. The first kappa shape index (κ1) is 30.9. The van der Waals surface area contributed by atoms with Crippen molar-refractivity contribution in [2.45, 2.75) is 92.9 Å². The fourth-order valence-corrected chi connectivity index (χ4v) is 4.27. The predicted octanol–water partition coefficient (Wildman–Crippen LogP) is 8.87. The number of rotatable bonds is 20. The van der Waals surface area contributed by atoms with Gasteiger partial charge >= 0.3 is 7.69 Å². The van der Waals surface area contributed by atoms with E-state index >= 15 is 0 Å². The van der Waals surface area contributed by atoms with Crippen LogP contribution < -0.4 is 18.8 Å². The van der Waals surface area contributed by atoms with Crippen molar-refractivity contribution in [2.75, 3.05) is 13.2 Å². The minimum Gasteiger partial charge on any atom is -0.528 e. The third-order valence-corrected chi connectivity index (χ3v) is 6.78. The van der Waals surface area contributed by atoms with E-state index in [0.717, 1.165) is 60.9 Å². The summed E-state index contributed by atoms with van der Waals surface area (Å²) in [5.41, 5.74) is 0. The van der Waals surface area contributed by atoms with Gasteiger partial charge in [0.25, 0.3) is 0 Å². The third kappa shape index (κ3) is 14.9. The summed E-state index contributed by atoms with van der Waals surface area (Å²) in [5, 5.41) is 0. The van der Waals surface area contributed by atoms with Crippen molar-refractivity contribution >= 4 is 7.69 Å². The maximum absolute atomic E-state index is 5.97. The maximum Gasteiger partial charge on any atom is 0.576 e. The Morgan fingerprint density at radius 2 is 0.946 bits per heavy atom. The van der Waals surface area contributed by atoms with Gasteiger partial charge in [-0.3, -0.25) is 0 Å². The highest BCUT2D eigenvalue weighted by molar-refractivity contribution is 6.20. The SMILES string of the molecule is CC(C)CCCC(C)CCOc1cccc(OBOc2cccc(OCCC(C)CCCC(C)C)c2)c1. The van der Waals surface area contributed by atoms with Crippen molar-refractivity contribution in [3.05, 3.63) is 48.5 Å². The molecule has 0 amide bonds. The molecule has 2 aromatic rings. The molecule has 0 bridgehead atoms. The molecule has 2 unspecified atom stereocenters. The van der Waals surface area contributed by atoms with Gasteiger partial charge in [-0.2, -0.15) is 0 Å². The van der Waals surface area contributed by atoms with Crippen LogP contribution in [0.5, 0.6) is 23.0 Å². The van der Waals surface area contributed by atoms with E-state index in [2.05, 4.69) is 41.5 Å². The van der Waals surface area contributed by atoms with Crippen molar-refractivity contribution < 1.29 is 18.8 Å². The lowest BCUT2D eigenvalue weighted by molar-refractivity contribution is 0.275. The zero-order valence-corrected chi connectivity index (χ0v) is 24.3. The minimum absolute atomic E-state index is 0.132. The smallest absolute Gasteiger partial charge is 0.528 e. The number of hydrogen-bond donors (Lipinski definition) is 0. The molecule has 0 aliphatic heterocycles. The molecule has 0 saturated heterocycles. The molecule has 5 heteroatoms. The molecule has 0 radical (unpaired) electrons. The Bertz CT molecular complexity index is 785. The zero-order valence-electron chi connectivity index (χ0n) is 24.3. The van der Waals surface area contributed by atoms with Crippen LogP contribution in [0.25, 0.3) is 0 Å². The summed E-state index contributed by atoms with van der Waals surface area (Å²) in [7, 11) is 0.132. The van der Waals surface area contributed by atoms with Gasteiger partial charge in [-0.05, 0) is 60.8 Å². The molecule has 2 atom stereocenters. The molecular weight excluding hydrogens is 459 g/mol. The highest BCUT2D eigenvalue weighted by Gasteiger charge is 2.07. The lowest BCUT2D eigenvalue weighted by Crippen LogP contribution is -2.11. The fraction of sp³-hybridized carbons (Fsp3) is 0.625. The molecule has 0 heterocycles. The molecule has 0 saturated carbocycles. The number of hydrogen-bond acceptors (Lipinski definition) is 4. The first-order chi connectivity index (χ1) is 17.8. The topological polar surface area (TPSA) is 36.9 Å². The van der Waals surface area contributed by atoms with E-state index in [4.69, 9.17) is 18.8 Å². The maximum atomic E-state index is 5.97. The normalized spacial score (nSPS) is 12.9. The van der Waals surface area contributed by atoms with E-state index in [-0.39, 0.29) is 7.69 Å². The fourth-order valence-electron chi connectivity index (χ4n) is 4.27. The second-order valence-electron chi connectivity index (χ2n) is 11.5. The third-order valence-electron chi connectivity index (χ3n) is 6.78. The number of ether oxygens (including phenoxy) is 2. The average Bonchev–Trinajstić information content (AvgIpc) is 2.84. The minimum atomic E-state index is 0.132. The van der Waals surface area contributed by atoms with Crippen LogP contribution in [0.15, 0.2) is 48.5 Å². The highest BCUT2D eigenvalue weighted by Crippen LogP contribution is 2.23. The zero-order chi connectivity index (χ0) is 26.9. The van der Waals surface area contributed by atoms with Gasteiger partial charge in [0.05, 0.1) is 13.2 Å².